The predicted octanol–water partition coefficient (Wildman–Crippen LogP) is 4.20. The van der Waals surface area contributed by atoms with Crippen molar-refractivity contribution in [2.45, 2.75) is 58.0 Å². The molecule has 1 unspecified atom stereocenters. The van der Waals surface area contributed by atoms with Crippen molar-refractivity contribution in [1.82, 2.24) is 20.7 Å². The van der Waals surface area contributed by atoms with Gasteiger partial charge >= 0.3 is 0 Å². The molecule has 4 rings (SSSR count). The number of carbonyl (C=O) groups is 1. The topological polar surface area (TPSA) is 82.8 Å². The summed E-state index contributed by atoms with van der Waals surface area (Å²) in [7, 11) is 0. The van der Waals surface area contributed by atoms with Crippen LogP contribution in [-0.2, 0) is 11.3 Å². The van der Waals surface area contributed by atoms with Crippen LogP contribution in [0.25, 0.3) is 11.3 Å². The number of nitrogens with zero attached hydrogens (tertiary/aromatic N) is 3. The van der Waals surface area contributed by atoms with Gasteiger partial charge in [0.2, 0.25) is 5.91 Å². The maximum atomic E-state index is 12.8. The van der Waals surface area contributed by atoms with Crippen LogP contribution in [0.15, 0.2) is 45.9 Å². The first kappa shape index (κ1) is 24.5. The van der Waals surface area contributed by atoms with Gasteiger partial charge in [-0.1, -0.05) is 54.8 Å². The average molecular weight is 551 g/mol. The van der Waals surface area contributed by atoms with E-state index in [1.54, 1.807) is 0 Å². The molecular weight excluding hydrogens is 517 g/mol. The number of benzene rings is 1. The molecule has 7 nitrogen and oxygen atoms in total. The number of rotatable bonds is 6. The van der Waals surface area contributed by atoms with E-state index in [1.165, 1.54) is 19.3 Å². The van der Waals surface area contributed by atoms with Crippen molar-refractivity contribution in [3.63, 3.8) is 0 Å². The zero-order valence-electron chi connectivity index (χ0n) is 18.8. The van der Waals surface area contributed by atoms with Crippen molar-refractivity contribution in [1.29, 1.82) is 0 Å². The molecule has 1 atom stereocenters. The monoisotopic (exact) mass is 551 g/mol. The molecule has 1 saturated carbocycles. The Hall–Kier alpha value is -2.10. The molecule has 2 aliphatic rings. The molecular formula is C24H34IN5O2. The molecule has 1 aliphatic heterocycles. The lowest BCUT2D eigenvalue weighted by Crippen LogP contribution is -2.45. The molecule has 0 radical (unpaired) electrons. The zero-order valence-corrected chi connectivity index (χ0v) is 21.1. The van der Waals surface area contributed by atoms with Crippen molar-refractivity contribution in [2.24, 2.45) is 10.9 Å². The van der Waals surface area contributed by atoms with Gasteiger partial charge in [0.1, 0.15) is 5.69 Å². The van der Waals surface area contributed by atoms with Crippen molar-refractivity contribution in [2.75, 3.05) is 19.6 Å². The van der Waals surface area contributed by atoms with Crippen LogP contribution < -0.4 is 10.6 Å². The molecule has 2 N–H and O–H groups in total. The molecule has 8 heteroatoms. The second kappa shape index (κ2) is 12.2. The van der Waals surface area contributed by atoms with Crippen molar-refractivity contribution in [3.8, 4) is 11.3 Å². The second-order valence-corrected chi connectivity index (χ2v) is 8.49. The van der Waals surface area contributed by atoms with Gasteiger partial charge < -0.3 is 20.1 Å². The van der Waals surface area contributed by atoms with E-state index in [2.05, 4.69) is 20.8 Å². The van der Waals surface area contributed by atoms with E-state index >= 15 is 0 Å². The van der Waals surface area contributed by atoms with Crippen LogP contribution in [0, 0.1) is 5.92 Å². The van der Waals surface area contributed by atoms with E-state index in [1.807, 2.05) is 48.2 Å². The van der Waals surface area contributed by atoms with Crippen LogP contribution in [0.5, 0.6) is 0 Å². The fraction of sp³-hybridized carbons (Fsp3) is 0.542. The molecule has 1 aromatic heterocycles. The molecule has 2 heterocycles. The lowest BCUT2D eigenvalue weighted by atomic mass is 9.88. The van der Waals surface area contributed by atoms with Crippen molar-refractivity contribution < 1.29 is 9.32 Å². The number of nitrogens with one attached hydrogen (secondary N) is 2. The van der Waals surface area contributed by atoms with Gasteiger partial charge in [0, 0.05) is 43.2 Å². The van der Waals surface area contributed by atoms with Gasteiger partial charge in [0.15, 0.2) is 11.7 Å². The highest BCUT2D eigenvalue weighted by Crippen LogP contribution is 2.27. The minimum Gasteiger partial charge on any atom is -0.357 e. The van der Waals surface area contributed by atoms with Crippen LogP contribution in [0.1, 0.15) is 51.1 Å². The van der Waals surface area contributed by atoms with Crippen molar-refractivity contribution in [3.05, 3.63) is 42.1 Å². The van der Waals surface area contributed by atoms with Gasteiger partial charge in [-0.25, -0.2) is 4.99 Å². The Labute approximate surface area is 207 Å². The Bertz CT molecular complexity index is 880. The highest BCUT2D eigenvalue weighted by molar-refractivity contribution is 14.0. The Balaban J connectivity index is 0.00000289. The Morgan fingerprint density at radius 1 is 1.19 bits per heavy atom. The Morgan fingerprint density at radius 3 is 2.72 bits per heavy atom. The summed E-state index contributed by atoms with van der Waals surface area (Å²) in [6.07, 6.45) is 6.72. The molecule has 0 bridgehead atoms. The van der Waals surface area contributed by atoms with Crippen LogP contribution in [0.4, 0.5) is 0 Å². The van der Waals surface area contributed by atoms with Gasteiger partial charge in [-0.2, -0.15) is 0 Å². The summed E-state index contributed by atoms with van der Waals surface area (Å²) in [5, 5.41) is 11.0. The largest absolute Gasteiger partial charge is 0.357 e. The fourth-order valence-corrected chi connectivity index (χ4v) is 4.48. The van der Waals surface area contributed by atoms with E-state index in [0.717, 1.165) is 61.9 Å². The number of aromatic nitrogens is 1. The van der Waals surface area contributed by atoms with Gasteiger partial charge in [-0.3, -0.25) is 4.79 Å². The van der Waals surface area contributed by atoms with E-state index in [0.29, 0.717) is 12.5 Å². The number of hydrogen-bond acceptors (Lipinski definition) is 4. The number of carbonyl (C=O) groups excluding carboxylic acids is 1. The average Bonchev–Trinajstić information content (AvgIpc) is 3.48. The van der Waals surface area contributed by atoms with Gasteiger partial charge in [-0.15, -0.1) is 24.0 Å². The SMILES string of the molecule is CCNC(=NCc1cc(-c2ccccc2)on1)NC1CCN(C(=O)C2CCCCC2)C1.I. The standard InChI is InChI=1S/C24H33N5O2.HI/c1-2-25-24(26-16-21-15-22(31-28-21)18-9-5-3-6-10-18)27-20-13-14-29(17-20)23(30)19-11-7-4-8-12-19;/h3,5-6,9-10,15,19-20H,2,4,7-8,11-14,16-17H2,1H3,(H2,25,26,27);1H. The number of halogens is 1. The molecule has 174 valence electrons. The third-order valence-corrected chi connectivity index (χ3v) is 6.16. The van der Waals surface area contributed by atoms with E-state index in [4.69, 9.17) is 4.52 Å². The maximum absolute atomic E-state index is 12.8. The normalized spacial score (nSPS) is 19.5. The molecule has 1 aliphatic carbocycles. The minimum atomic E-state index is 0. The summed E-state index contributed by atoms with van der Waals surface area (Å²) >= 11 is 0. The molecule has 1 aromatic carbocycles. The summed E-state index contributed by atoms with van der Waals surface area (Å²) in [6.45, 7) is 4.84. The van der Waals surface area contributed by atoms with Gasteiger partial charge in [-0.05, 0) is 26.2 Å². The lowest BCUT2D eigenvalue weighted by molar-refractivity contribution is -0.135. The maximum Gasteiger partial charge on any atom is 0.225 e. The zero-order chi connectivity index (χ0) is 21.5. The summed E-state index contributed by atoms with van der Waals surface area (Å²) in [6, 6.07) is 12.1. The molecule has 1 saturated heterocycles. The first-order valence-electron chi connectivity index (χ1n) is 11.6. The number of aliphatic imine (C=N–C) groups is 1. The fourth-order valence-electron chi connectivity index (χ4n) is 4.48. The summed E-state index contributed by atoms with van der Waals surface area (Å²) in [4.78, 5) is 19.5. The van der Waals surface area contributed by atoms with Crippen LogP contribution in [-0.4, -0.2) is 47.6 Å². The van der Waals surface area contributed by atoms with E-state index in [-0.39, 0.29) is 35.9 Å². The Morgan fingerprint density at radius 2 is 1.97 bits per heavy atom. The third-order valence-electron chi connectivity index (χ3n) is 6.16. The van der Waals surface area contributed by atoms with E-state index in [9.17, 15) is 4.79 Å². The molecule has 2 aromatic rings. The lowest BCUT2D eigenvalue weighted by Gasteiger charge is -2.26. The van der Waals surface area contributed by atoms with E-state index < -0.39 is 0 Å². The highest BCUT2D eigenvalue weighted by Gasteiger charge is 2.31. The van der Waals surface area contributed by atoms with Crippen LogP contribution in [0.2, 0.25) is 0 Å². The third kappa shape index (κ3) is 6.46. The first-order valence-corrected chi connectivity index (χ1v) is 11.6. The summed E-state index contributed by atoms with van der Waals surface area (Å²) in [5.41, 5.74) is 1.79. The highest BCUT2D eigenvalue weighted by atomic mass is 127. The smallest absolute Gasteiger partial charge is 0.225 e. The number of likely N-dealkylation sites (tertiary alicyclic amines) is 1. The number of hydrogen-bond donors (Lipinski definition) is 2. The number of guanidine groups is 1. The Kier molecular flexibility index (Phi) is 9.37. The molecule has 2 fully saturated rings. The van der Waals surface area contributed by atoms with Crippen LogP contribution >= 0.6 is 24.0 Å². The van der Waals surface area contributed by atoms with Gasteiger partial charge in [0.05, 0.1) is 6.54 Å². The molecule has 0 spiro atoms. The summed E-state index contributed by atoms with van der Waals surface area (Å²) < 4.78 is 5.47. The predicted molar refractivity (Wildman–Crippen MR) is 137 cm³/mol. The first-order chi connectivity index (χ1) is 15.2. The molecule has 32 heavy (non-hydrogen) atoms. The quantitative estimate of drug-likeness (QED) is 0.320. The van der Waals surface area contributed by atoms with Crippen LogP contribution in [0.3, 0.4) is 0 Å². The minimum absolute atomic E-state index is 0. The number of amides is 1. The van der Waals surface area contributed by atoms with Gasteiger partial charge in [0.25, 0.3) is 0 Å². The second-order valence-electron chi connectivity index (χ2n) is 8.49. The molecule has 1 amide bonds. The van der Waals surface area contributed by atoms with Crippen molar-refractivity contribution >= 4 is 35.8 Å². The summed E-state index contributed by atoms with van der Waals surface area (Å²) in [5.74, 6) is 2.09.